The number of amides is 1. The van der Waals surface area contributed by atoms with Crippen LogP contribution in [-0.4, -0.2) is 51.1 Å². The molecular weight excluding hydrogens is 369 g/mol. The zero-order chi connectivity index (χ0) is 20.1. The lowest BCUT2D eigenvalue weighted by molar-refractivity contribution is -0.163. The van der Waals surface area contributed by atoms with Gasteiger partial charge in [-0.15, -0.1) is 0 Å². The Hall–Kier alpha value is -1.41. The van der Waals surface area contributed by atoms with Crippen LogP contribution >= 0.6 is 11.6 Å². The van der Waals surface area contributed by atoms with Crippen LogP contribution in [0.1, 0.15) is 57.9 Å². The number of alkyl halides is 3. The second kappa shape index (κ2) is 8.99. The minimum atomic E-state index is -4.44. The number of halogens is 4. The molecule has 1 aromatic rings. The second-order valence-electron chi connectivity index (χ2n) is 6.78. The standard InChI is InChI=1S/C9H7ClF3N3O.C8H19N/c10-6-4-14-5(3-15-6)7(17)16-8(1-2-8)9(11,12)13;1-6-9(7(2)3)8(4)5/h3-4H,1-2H2,(H,16,17);7-8H,6H2,1-5H3. The van der Waals surface area contributed by atoms with Crippen molar-refractivity contribution in [2.45, 2.75) is 71.3 Å². The minimum Gasteiger partial charge on any atom is -0.336 e. The van der Waals surface area contributed by atoms with E-state index in [0.29, 0.717) is 12.1 Å². The molecule has 0 radical (unpaired) electrons. The molecule has 0 saturated heterocycles. The molecule has 0 aromatic carbocycles. The van der Waals surface area contributed by atoms with Gasteiger partial charge in [0.15, 0.2) is 0 Å². The number of rotatable bonds is 5. The highest BCUT2D eigenvalue weighted by molar-refractivity contribution is 6.29. The van der Waals surface area contributed by atoms with Crippen LogP contribution in [0.4, 0.5) is 13.2 Å². The molecular formula is C17H26ClF3N4O. The van der Waals surface area contributed by atoms with Crippen LogP contribution in [0.2, 0.25) is 5.15 Å². The van der Waals surface area contributed by atoms with E-state index in [1.807, 2.05) is 5.32 Å². The number of hydrogen-bond acceptors (Lipinski definition) is 4. The first-order valence-corrected chi connectivity index (χ1v) is 8.94. The zero-order valence-corrected chi connectivity index (χ0v) is 16.4. The predicted octanol–water partition coefficient (Wildman–Crippen LogP) is 4.08. The Labute approximate surface area is 157 Å². The van der Waals surface area contributed by atoms with Crippen molar-refractivity contribution in [3.63, 3.8) is 0 Å². The SMILES string of the molecule is CCN(C(C)C)C(C)C.O=C(NC1(C(F)(F)F)CC1)c1cnc(Cl)cn1. The highest BCUT2D eigenvalue weighted by Crippen LogP contribution is 2.48. The smallest absolute Gasteiger partial charge is 0.336 e. The number of hydrogen-bond donors (Lipinski definition) is 1. The van der Waals surface area contributed by atoms with E-state index in [1.54, 1.807) is 0 Å². The lowest BCUT2D eigenvalue weighted by Crippen LogP contribution is -2.48. The average Bonchev–Trinajstić information content (AvgIpc) is 3.29. The quantitative estimate of drug-likeness (QED) is 0.817. The molecule has 1 aliphatic carbocycles. The Morgan fingerprint density at radius 3 is 2.04 bits per heavy atom. The molecule has 1 aliphatic rings. The van der Waals surface area contributed by atoms with Crippen molar-refractivity contribution in [3.8, 4) is 0 Å². The molecule has 1 saturated carbocycles. The van der Waals surface area contributed by atoms with Gasteiger partial charge in [-0.05, 0) is 47.1 Å². The fraction of sp³-hybridized carbons (Fsp3) is 0.706. The molecule has 26 heavy (non-hydrogen) atoms. The largest absolute Gasteiger partial charge is 0.411 e. The van der Waals surface area contributed by atoms with Gasteiger partial charge in [0, 0.05) is 12.1 Å². The van der Waals surface area contributed by atoms with Gasteiger partial charge in [-0.25, -0.2) is 9.97 Å². The monoisotopic (exact) mass is 394 g/mol. The van der Waals surface area contributed by atoms with Gasteiger partial charge < -0.3 is 5.32 Å². The first-order chi connectivity index (χ1) is 11.9. The number of nitrogens with zero attached hydrogens (tertiary/aromatic N) is 3. The van der Waals surface area contributed by atoms with Crippen LogP contribution < -0.4 is 5.32 Å². The van der Waals surface area contributed by atoms with Gasteiger partial charge in [-0.2, -0.15) is 13.2 Å². The molecule has 1 amide bonds. The summed E-state index contributed by atoms with van der Waals surface area (Å²) >= 11 is 5.45. The summed E-state index contributed by atoms with van der Waals surface area (Å²) in [6.45, 7) is 12.3. The number of aromatic nitrogens is 2. The topological polar surface area (TPSA) is 58.1 Å². The van der Waals surface area contributed by atoms with E-state index in [9.17, 15) is 18.0 Å². The van der Waals surface area contributed by atoms with Crippen molar-refractivity contribution in [1.29, 1.82) is 0 Å². The molecule has 148 valence electrons. The summed E-state index contributed by atoms with van der Waals surface area (Å²) in [7, 11) is 0. The fourth-order valence-corrected chi connectivity index (χ4v) is 2.74. The number of carbonyl (C=O) groups excluding carboxylic acids is 1. The maximum atomic E-state index is 12.6. The molecule has 0 atom stereocenters. The van der Waals surface area contributed by atoms with Crippen LogP contribution in [0.25, 0.3) is 0 Å². The molecule has 0 spiro atoms. The summed E-state index contributed by atoms with van der Waals surface area (Å²) in [6.07, 6.45) is -2.53. The summed E-state index contributed by atoms with van der Waals surface area (Å²) < 4.78 is 37.7. The van der Waals surface area contributed by atoms with E-state index < -0.39 is 17.6 Å². The van der Waals surface area contributed by atoms with E-state index in [1.165, 1.54) is 0 Å². The summed E-state index contributed by atoms with van der Waals surface area (Å²) in [5.41, 5.74) is -2.28. The van der Waals surface area contributed by atoms with E-state index >= 15 is 0 Å². The molecule has 1 N–H and O–H groups in total. The first-order valence-electron chi connectivity index (χ1n) is 8.56. The molecule has 0 aliphatic heterocycles. The average molecular weight is 395 g/mol. The zero-order valence-electron chi connectivity index (χ0n) is 15.7. The molecule has 1 fully saturated rings. The highest BCUT2D eigenvalue weighted by Gasteiger charge is 2.64. The first kappa shape index (κ1) is 22.6. The van der Waals surface area contributed by atoms with Crippen molar-refractivity contribution in [3.05, 3.63) is 23.2 Å². The van der Waals surface area contributed by atoms with E-state index in [-0.39, 0.29) is 23.7 Å². The third-order valence-corrected chi connectivity index (χ3v) is 4.39. The third kappa shape index (κ3) is 6.09. The molecule has 0 bridgehead atoms. The maximum Gasteiger partial charge on any atom is 0.411 e. The second-order valence-corrected chi connectivity index (χ2v) is 7.16. The van der Waals surface area contributed by atoms with Crippen molar-refractivity contribution in [1.82, 2.24) is 20.2 Å². The van der Waals surface area contributed by atoms with Crippen LogP contribution in [0.15, 0.2) is 12.4 Å². The molecule has 1 heterocycles. The Morgan fingerprint density at radius 1 is 1.23 bits per heavy atom. The van der Waals surface area contributed by atoms with Crippen molar-refractivity contribution in [2.24, 2.45) is 0 Å². The van der Waals surface area contributed by atoms with E-state index in [4.69, 9.17) is 11.6 Å². The lowest BCUT2D eigenvalue weighted by Gasteiger charge is -2.28. The Morgan fingerprint density at radius 2 is 1.77 bits per heavy atom. The lowest BCUT2D eigenvalue weighted by atomic mass is 10.2. The van der Waals surface area contributed by atoms with Gasteiger partial charge in [-0.3, -0.25) is 9.69 Å². The molecule has 1 aromatic heterocycles. The van der Waals surface area contributed by atoms with Crippen LogP contribution in [0, 0.1) is 0 Å². The molecule has 9 heteroatoms. The van der Waals surface area contributed by atoms with Crippen LogP contribution in [-0.2, 0) is 0 Å². The normalized spacial score (nSPS) is 15.7. The Bertz CT molecular complexity index is 579. The van der Waals surface area contributed by atoms with Gasteiger partial charge in [0.1, 0.15) is 16.4 Å². The maximum absolute atomic E-state index is 12.6. The van der Waals surface area contributed by atoms with Gasteiger partial charge in [0.25, 0.3) is 5.91 Å². The highest BCUT2D eigenvalue weighted by atomic mass is 35.5. The molecule has 2 rings (SSSR count). The van der Waals surface area contributed by atoms with Gasteiger partial charge >= 0.3 is 6.18 Å². The Kier molecular flexibility index (Phi) is 7.83. The van der Waals surface area contributed by atoms with Crippen molar-refractivity contribution >= 4 is 17.5 Å². The Balaban J connectivity index is 0.000000321. The molecule has 5 nitrogen and oxygen atoms in total. The van der Waals surface area contributed by atoms with Gasteiger partial charge in [-0.1, -0.05) is 18.5 Å². The summed E-state index contributed by atoms with van der Waals surface area (Å²) in [5.74, 6) is -0.899. The minimum absolute atomic E-state index is 0.0681. The summed E-state index contributed by atoms with van der Waals surface area (Å²) in [4.78, 5) is 21.1. The number of carbonyl (C=O) groups is 1. The predicted molar refractivity (Wildman–Crippen MR) is 95.2 cm³/mol. The van der Waals surface area contributed by atoms with Crippen molar-refractivity contribution < 1.29 is 18.0 Å². The fourth-order valence-electron chi connectivity index (χ4n) is 2.64. The summed E-state index contributed by atoms with van der Waals surface area (Å²) in [6, 6.07) is 1.38. The van der Waals surface area contributed by atoms with Gasteiger partial charge in [0.2, 0.25) is 0 Å². The van der Waals surface area contributed by atoms with Crippen LogP contribution in [0.3, 0.4) is 0 Å². The number of nitrogens with one attached hydrogen (secondary N) is 1. The molecule has 0 unspecified atom stereocenters. The van der Waals surface area contributed by atoms with E-state index in [0.717, 1.165) is 18.9 Å². The third-order valence-electron chi connectivity index (χ3n) is 4.19. The van der Waals surface area contributed by atoms with Crippen molar-refractivity contribution in [2.75, 3.05) is 6.54 Å². The van der Waals surface area contributed by atoms with Crippen LogP contribution in [0.5, 0.6) is 0 Å². The van der Waals surface area contributed by atoms with Gasteiger partial charge in [0.05, 0.1) is 12.4 Å². The summed E-state index contributed by atoms with van der Waals surface area (Å²) in [5, 5.41) is 2.00. The van der Waals surface area contributed by atoms with E-state index in [2.05, 4.69) is 49.5 Å².